The molecule has 0 bridgehead atoms. The SMILES string of the molecule is N#Cc1cccnc1N1CCOC(C(=O)O)C1. The predicted octanol–water partition coefficient (Wildman–Crippen LogP) is 0.243. The minimum atomic E-state index is -0.996. The van der Waals surface area contributed by atoms with Crippen molar-refractivity contribution in [2.24, 2.45) is 0 Å². The highest BCUT2D eigenvalue weighted by Crippen LogP contribution is 2.19. The summed E-state index contributed by atoms with van der Waals surface area (Å²) in [5.74, 6) is -0.478. The van der Waals surface area contributed by atoms with Crippen LogP contribution >= 0.6 is 0 Å². The van der Waals surface area contributed by atoms with E-state index in [9.17, 15) is 4.79 Å². The lowest BCUT2D eigenvalue weighted by Crippen LogP contribution is -2.46. The molecule has 1 aromatic rings. The van der Waals surface area contributed by atoms with Crippen LogP contribution in [0.3, 0.4) is 0 Å². The Morgan fingerprint density at radius 2 is 2.53 bits per heavy atom. The summed E-state index contributed by atoms with van der Waals surface area (Å²) >= 11 is 0. The lowest BCUT2D eigenvalue weighted by atomic mass is 10.2. The Bertz CT molecular complexity index is 469. The fraction of sp³-hybridized carbons (Fsp3) is 0.364. The zero-order valence-electron chi connectivity index (χ0n) is 9.04. The summed E-state index contributed by atoms with van der Waals surface area (Å²) in [4.78, 5) is 16.7. The number of morpholine rings is 1. The van der Waals surface area contributed by atoms with Crippen LogP contribution in [0.5, 0.6) is 0 Å². The molecule has 0 saturated carbocycles. The molecular weight excluding hydrogens is 222 g/mol. The molecule has 0 amide bonds. The lowest BCUT2D eigenvalue weighted by Gasteiger charge is -2.32. The number of nitrogens with zero attached hydrogens (tertiary/aromatic N) is 3. The average molecular weight is 233 g/mol. The number of hydrogen-bond donors (Lipinski definition) is 1. The highest BCUT2D eigenvalue weighted by Gasteiger charge is 2.27. The molecule has 1 unspecified atom stereocenters. The molecule has 1 atom stereocenters. The molecule has 1 fully saturated rings. The Morgan fingerprint density at radius 3 is 3.24 bits per heavy atom. The normalized spacial score (nSPS) is 19.7. The molecule has 1 aromatic heterocycles. The van der Waals surface area contributed by atoms with Crippen LogP contribution in [0, 0.1) is 11.3 Å². The first-order valence-electron chi connectivity index (χ1n) is 5.17. The molecule has 0 radical (unpaired) electrons. The van der Waals surface area contributed by atoms with Crippen LogP contribution in [-0.4, -0.2) is 41.9 Å². The number of rotatable bonds is 2. The number of carboxylic acids is 1. The Balaban J connectivity index is 2.22. The summed E-state index contributed by atoms with van der Waals surface area (Å²) in [6.45, 7) is 1.06. The van der Waals surface area contributed by atoms with Gasteiger partial charge in [0.25, 0.3) is 0 Å². The highest BCUT2D eigenvalue weighted by molar-refractivity contribution is 5.73. The summed E-state index contributed by atoms with van der Waals surface area (Å²) in [6, 6.07) is 5.38. The van der Waals surface area contributed by atoms with Crippen molar-refractivity contribution in [3.63, 3.8) is 0 Å². The van der Waals surface area contributed by atoms with Crippen LogP contribution in [0.2, 0.25) is 0 Å². The number of hydrogen-bond acceptors (Lipinski definition) is 5. The fourth-order valence-electron chi connectivity index (χ4n) is 1.73. The van der Waals surface area contributed by atoms with Crippen LogP contribution in [0.15, 0.2) is 18.3 Å². The summed E-state index contributed by atoms with van der Waals surface area (Å²) in [5, 5.41) is 17.9. The summed E-state index contributed by atoms with van der Waals surface area (Å²) in [7, 11) is 0. The summed E-state index contributed by atoms with van der Waals surface area (Å²) in [5.41, 5.74) is 0.443. The van der Waals surface area contributed by atoms with E-state index >= 15 is 0 Å². The second kappa shape index (κ2) is 4.80. The van der Waals surface area contributed by atoms with E-state index in [1.165, 1.54) is 0 Å². The number of aliphatic carboxylic acids is 1. The monoisotopic (exact) mass is 233 g/mol. The molecule has 1 aliphatic heterocycles. The van der Waals surface area contributed by atoms with Gasteiger partial charge in [-0.1, -0.05) is 0 Å². The van der Waals surface area contributed by atoms with Gasteiger partial charge in [-0.25, -0.2) is 9.78 Å². The molecule has 6 nitrogen and oxygen atoms in total. The Kier molecular flexibility index (Phi) is 3.21. The van der Waals surface area contributed by atoms with Gasteiger partial charge in [0.15, 0.2) is 6.10 Å². The highest BCUT2D eigenvalue weighted by atomic mass is 16.5. The second-order valence-electron chi connectivity index (χ2n) is 3.63. The van der Waals surface area contributed by atoms with Crippen molar-refractivity contribution < 1.29 is 14.6 Å². The molecule has 1 aliphatic rings. The van der Waals surface area contributed by atoms with Crippen LogP contribution in [0.4, 0.5) is 5.82 Å². The van der Waals surface area contributed by atoms with Crippen LogP contribution in [0.1, 0.15) is 5.56 Å². The molecule has 0 spiro atoms. The Morgan fingerprint density at radius 1 is 1.71 bits per heavy atom. The van der Waals surface area contributed by atoms with E-state index in [-0.39, 0.29) is 6.54 Å². The number of pyridine rings is 1. The quantitative estimate of drug-likeness (QED) is 0.787. The first kappa shape index (κ1) is 11.4. The van der Waals surface area contributed by atoms with Gasteiger partial charge in [0, 0.05) is 12.7 Å². The van der Waals surface area contributed by atoms with Gasteiger partial charge < -0.3 is 14.7 Å². The Hall–Kier alpha value is -2.13. The number of carboxylic acid groups (broad SMARTS) is 1. The first-order valence-corrected chi connectivity index (χ1v) is 5.17. The smallest absolute Gasteiger partial charge is 0.334 e. The van der Waals surface area contributed by atoms with E-state index in [1.54, 1.807) is 23.2 Å². The summed E-state index contributed by atoms with van der Waals surface area (Å²) < 4.78 is 5.11. The van der Waals surface area contributed by atoms with Crippen LogP contribution < -0.4 is 4.90 Å². The van der Waals surface area contributed by atoms with E-state index in [0.29, 0.717) is 24.5 Å². The van der Waals surface area contributed by atoms with Gasteiger partial charge in [-0.05, 0) is 12.1 Å². The van der Waals surface area contributed by atoms with Gasteiger partial charge >= 0.3 is 5.97 Å². The van der Waals surface area contributed by atoms with Crippen molar-refractivity contribution in [3.8, 4) is 6.07 Å². The molecule has 0 aromatic carbocycles. The molecule has 1 saturated heterocycles. The number of nitriles is 1. The summed E-state index contributed by atoms with van der Waals surface area (Å²) in [6.07, 6.45) is 0.721. The van der Waals surface area contributed by atoms with E-state index in [0.717, 1.165) is 0 Å². The topological polar surface area (TPSA) is 86.5 Å². The lowest BCUT2D eigenvalue weighted by molar-refractivity contribution is -0.150. The van der Waals surface area contributed by atoms with Gasteiger partial charge in [0.2, 0.25) is 0 Å². The van der Waals surface area contributed by atoms with Crippen molar-refractivity contribution >= 4 is 11.8 Å². The third-order valence-corrected chi connectivity index (χ3v) is 2.55. The van der Waals surface area contributed by atoms with Gasteiger partial charge in [0.05, 0.1) is 18.7 Å². The van der Waals surface area contributed by atoms with Gasteiger partial charge in [0.1, 0.15) is 11.9 Å². The van der Waals surface area contributed by atoms with E-state index < -0.39 is 12.1 Å². The fourth-order valence-corrected chi connectivity index (χ4v) is 1.73. The third-order valence-electron chi connectivity index (χ3n) is 2.55. The van der Waals surface area contributed by atoms with Crippen molar-refractivity contribution in [1.82, 2.24) is 4.98 Å². The van der Waals surface area contributed by atoms with E-state index in [2.05, 4.69) is 4.98 Å². The molecule has 6 heteroatoms. The molecule has 2 heterocycles. The molecule has 17 heavy (non-hydrogen) atoms. The van der Waals surface area contributed by atoms with Gasteiger partial charge in [-0.15, -0.1) is 0 Å². The largest absolute Gasteiger partial charge is 0.479 e. The predicted molar refractivity (Wildman–Crippen MR) is 58.5 cm³/mol. The van der Waals surface area contributed by atoms with Crippen LogP contribution in [0.25, 0.3) is 0 Å². The molecular formula is C11H11N3O3. The van der Waals surface area contributed by atoms with Crippen molar-refractivity contribution in [1.29, 1.82) is 5.26 Å². The number of aromatic nitrogens is 1. The van der Waals surface area contributed by atoms with Gasteiger partial charge in [-0.2, -0.15) is 5.26 Å². The van der Waals surface area contributed by atoms with E-state index in [4.69, 9.17) is 15.1 Å². The van der Waals surface area contributed by atoms with Crippen LogP contribution in [-0.2, 0) is 9.53 Å². The zero-order chi connectivity index (χ0) is 12.3. The molecule has 88 valence electrons. The first-order chi connectivity index (χ1) is 8.22. The third kappa shape index (κ3) is 2.34. The minimum absolute atomic E-state index is 0.209. The number of carbonyl (C=O) groups is 1. The number of ether oxygens (including phenoxy) is 1. The molecule has 1 N–H and O–H groups in total. The Labute approximate surface area is 98.1 Å². The van der Waals surface area contributed by atoms with Gasteiger partial charge in [-0.3, -0.25) is 0 Å². The van der Waals surface area contributed by atoms with Crippen molar-refractivity contribution in [2.75, 3.05) is 24.6 Å². The van der Waals surface area contributed by atoms with Crippen molar-refractivity contribution in [3.05, 3.63) is 23.9 Å². The van der Waals surface area contributed by atoms with E-state index in [1.807, 2.05) is 6.07 Å². The molecule has 2 rings (SSSR count). The average Bonchev–Trinajstić information content (AvgIpc) is 2.39. The maximum absolute atomic E-state index is 10.8. The standard InChI is InChI=1S/C11H11N3O3/c12-6-8-2-1-3-13-10(8)14-4-5-17-9(7-14)11(15)16/h1-3,9H,4-5,7H2,(H,15,16). The van der Waals surface area contributed by atoms with Crippen molar-refractivity contribution in [2.45, 2.75) is 6.10 Å². The maximum Gasteiger partial charge on any atom is 0.334 e. The second-order valence-corrected chi connectivity index (χ2v) is 3.63. The zero-order valence-corrected chi connectivity index (χ0v) is 9.04. The maximum atomic E-state index is 10.8. The molecule has 0 aliphatic carbocycles. The minimum Gasteiger partial charge on any atom is -0.479 e. The number of anilines is 1.